The molecular formula is C26H20N4O2S. The van der Waals surface area contributed by atoms with E-state index in [0.717, 1.165) is 43.3 Å². The van der Waals surface area contributed by atoms with Crippen molar-refractivity contribution < 1.29 is 9.90 Å². The fourth-order valence-electron chi connectivity index (χ4n) is 3.61. The highest BCUT2D eigenvalue weighted by Crippen LogP contribution is 2.33. The number of rotatable bonds is 7. The number of aliphatic carboxylic acids is 1. The van der Waals surface area contributed by atoms with Gasteiger partial charge < -0.3 is 5.11 Å². The first-order chi connectivity index (χ1) is 16.2. The maximum atomic E-state index is 11.4. The number of aromatic nitrogens is 4. The number of benzene rings is 2. The first-order valence-electron chi connectivity index (χ1n) is 10.5. The number of carboxylic acids is 1. The fourth-order valence-corrected chi connectivity index (χ4v) is 4.62. The average molecular weight is 453 g/mol. The van der Waals surface area contributed by atoms with Gasteiger partial charge in [0.25, 0.3) is 0 Å². The topological polar surface area (TPSA) is 80.9 Å². The van der Waals surface area contributed by atoms with E-state index in [-0.39, 0.29) is 6.42 Å². The van der Waals surface area contributed by atoms with Crippen LogP contribution in [0.1, 0.15) is 23.4 Å². The van der Waals surface area contributed by atoms with Gasteiger partial charge >= 0.3 is 5.97 Å². The molecular weight excluding hydrogens is 432 g/mol. The predicted octanol–water partition coefficient (Wildman–Crippen LogP) is 5.95. The van der Waals surface area contributed by atoms with E-state index in [2.05, 4.69) is 4.98 Å². The summed E-state index contributed by atoms with van der Waals surface area (Å²) in [4.78, 5) is 20.4. The van der Waals surface area contributed by atoms with Crippen molar-refractivity contribution in [3.8, 4) is 16.9 Å². The normalized spacial score (nSPS) is 11.7. The van der Waals surface area contributed by atoms with Crippen LogP contribution in [0.25, 0.3) is 38.8 Å². The molecule has 0 saturated heterocycles. The van der Waals surface area contributed by atoms with Crippen molar-refractivity contribution in [2.75, 3.05) is 0 Å². The minimum Gasteiger partial charge on any atom is -0.481 e. The molecule has 1 N–H and O–H groups in total. The summed E-state index contributed by atoms with van der Waals surface area (Å²) in [6.07, 6.45) is 7.88. The largest absolute Gasteiger partial charge is 0.481 e. The molecule has 0 aliphatic rings. The van der Waals surface area contributed by atoms with Gasteiger partial charge in [-0.05, 0) is 54.5 Å². The highest BCUT2D eigenvalue weighted by Gasteiger charge is 2.16. The third kappa shape index (κ3) is 4.58. The van der Waals surface area contributed by atoms with E-state index in [1.165, 1.54) is 0 Å². The second-order valence-electron chi connectivity index (χ2n) is 7.50. The van der Waals surface area contributed by atoms with Crippen LogP contribution in [0.15, 0.2) is 85.3 Å². The minimum atomic E-state index is -0.838. The molecule has 3 heterocycles. The predicted molar refractivity (Wildman–Crippen MR) is 131 cm³/mol. The Balaban J connectivity index is 1.65. The van der Waals surface area contributed by atoms with Crippen molar-refractivity contribution in [2.45, 2.75) is 12.8 Å². The van der Waals surface area contributed by atoms with Crippen molar-refractivity contribution >= 4 is 39.2 Å². The summed E-state index contributed by atoms with van der Waals surface area (Å²) in [5.41, 5.74) is 5.27. The van der Waals surface area contributed by atoms with Gasteiger partial charge in [-0.3, -0.25) is 9.78 Å². The molecule has 0 amide bonds. The second kappa shape index (κ2) is 9.18. The smallest absolute Gasteiger partial charge is 0.303 e. The van der Waals surface area contributed by atoms with Gasteiger partial charge in [0, 0.05) is 36.1 Å². The number of carboxylic acid groups (broad SMARTS) is 1. The van der Waals surface area contributed by atoms with Crippen LogP contribution in [0.5, 0.6) is 0 Å². The maximum Gasteiger partial charge on any atom is 0.303 e. The number of nitrogens with zero attached hydrogens (tertiary/aromatic N) is 4. The van der Waals surface area contributed by atoms with Crippen LogP contribution in [0.3, 0.4) is 0 Å². The van der Waals surface area contributed by atoms with Crippen molar-refractivity contribution in [2.24, 2.45) is 0 Å². The van der Waals surface area contributed by atoms with Crippen LogP contribution in [0.2, 0.25) is 0 Å². The SMILES string of the molecule is O=C(O)CC/C(=C\c1cn(-c2ccccc2)nc1-c1cccnc1)c1nc2ccccc2s1. The number of fused-ring (bicyclic) bond motifs is 1. The Morgan fingerprint density at radius 1 is 1.00 bits per heavy atom. The lowest BCUT2D eigenvalue weighted by molar-refractivity contribution is -0.136. The fraction of sp³-hybridized carbons (Fsp3) is 0.0769. The summed E-state index contributed by atoms with van der Waals surface area (Å²) in [6.45, 7) is 0. The van der Waals surface area contributed by atoms with Crippen LogP contribution in [0.4, 0.5) is 0 Å². The van der Waals surface area contributed by atoms with Crippen molar-refractivity contribution in [1.82, 2.24) is 19.7 Å². The van der Waals surface area contributed by atoms with Crippen molar-refractivity contribution in [3.63, 3.8) is 0 Å². The van der Waals surface area contributed by atoms with Gasteiger partial charge in [-0.1, -0.05) is 30.3 Å². The molecule has 2 aromatic carbocycles. The van der Waals surface area contributed by atoms with E-state index >= 15 is 0 Å². The average Bonchev–Trinajstić information content (AvgIpc) is 3.47. The number of allylic oxidation sites excluding steroid dienone is 1. The Labute approximate surface area is 194 Å². The Kier molecular flexibility index (Phi) is 5.78. The van der Waals surface area contributed by atoms with Gasteiger partial charge in [-0.25, -0.2) is 9.67 Å². The third-order valence-corrected chi connectivity index (χ3v) is 6.32. The number of pyridine rings is 1. The molecule has 0 radical (unpaired) electrons. The van der Waals surface area contributed by atoms with Gasteiger partial charge in [0.05, 0.1) is 15.9 Å². The molecule has 0 spiro atoms. The quantitative estimate of drug-likeness (QED) is 0.330. The highest BCUT2D eigenvalue weighted by atomic mass is 32.1. The molecule has 0 saturated carbocycles. The zero-order chi connectivity index (χ0) is 22.6. The van der Waals surface area contributed by atoms with E-state index in [9.17, 15) is 9.90 Å². The molecule has 0 bridgehead atoms. The number of hydrogen-bond acceptors (Lipinski definition) is 5. The van der Waals surface area contributed by atoms with Crippen LogP contribution in [-0.4, -0.2) is 30.8 Å². The molecule has 0 aliphatic carbocycles. The van der Waals surface area contributed by atoms with Crippen LogP contribution in [0, 0.1) is 0 Å². The summed E-state index contributed by atoms with van der Waals surface area (Å²) >= 11 is 1.57. The summed E-state index contributed by atoms with van der Waals surface area (Å²) < 4.78 is 2.91. The molecule has 162 valence electrons. The first-order valence-corrected chi connectivity index (χ1v) is 11.3. The Bertz CT molecular complexity index is 1410. The zero-order valence-electron chi connectivity index (χ0n) is 17.6. The summed E-state index contributed by atoms with van der Waals surface area (Å²) in [7, 11) is 0. The van der Waals surface area contributed by atoms with E-state index in [0.29, 0.717) is 6.42 Å². The first kappa shape index (κ1) is 20.8. The molecule has 0 fully saturated rings. The van der Waals surface area contributed by atoms with Gasteiger partial charge in [0.15, 0.2) is 0 Å². The molecule has 3 aromatic heterocycles. The summed E-state index contributed by atoms with van der Waals surface area (Å²) in [6, 6.07) is 21.7. The molecule has 0 unspecified atom stereocenters. The monoisotopic (exact) mass is 452 g/mol. The van der Waals surface area contributed by atoms with Gasteiger partial charge in [0.1, 0.15) is 10.7 Å². The number of carbonyl (C=O) groups is 1. The van der Waals surface area contributed by atoms with E-state index in [1.807, 2.05) is 83.7 Å². The molecule has 0 atom stereocenters. The molecule has 6 nitrogen and oxygen atoms in total. The van der Waals surface area contributed by atoms with Gasteiger partial charge in [-0.2, -0.15) is 5.10 Å². The Morgan fingerprint density at radius 2 is 1.82 bits per heavy atom. The van der Waals surface area contributed by atoms with Gasteiger partial charge in [-0.15, -0.1) is 11.3 Å². The number of hydrogen-bond donors (Lipinski definition) is 1. The van der Waals surface area contributed by atoms with E-state index in [1.54, 1.807) is 23.7 Å². The number of thiazole rings is 1. The Morgan fingerprint density at radius 3 is 2.58 bits per heavy atom. The highest BCUT2D eigenvalue weighted by molar-refractivity contribution is 7.19. The molecule has 33 heavy (non-hydrogen) atoms. The third-order valence-electron chi connectivity index (χ3n) is 5.20. The van der Waals surface area contributed by atoms with Crippen LogP contribution in [-0.2, 0) is 4.79 Å². The van der Waals surface area contributed by atoms with E-state index < -0.39 is 5.97 Å². The van der Waals surface area contributed by atoms with Gasteiger partial charge in [0.2, 0.25) is 0 Å². The standard InChI is InChI=1S/C26H20N4O2S/c31-24(32)13-12-18(26-28-22-10-4-5-11-23(22)33-26)15-20-17-30(21-8-2-1-3-9-21)29-25(20)19-7-6-14-27-16-19/h1-11,14-17H,12-13H2,(H,31,32)/b18-15+. The second-order valence-corrected chi connectivity index (χ2v) is 8.54. The molecule has 0 aliphatic heterocycles. The summed E-state index contributed by atoms with van der Waals surface area (Å²) in [5.74, 6) is -0.838. The van der Waals surface area contributed by atoms with Crippen LogP contribution >= 0.6 is 11.3 Å². The minimum absolute atomic E-state index is 0.0246. The van der Waals surface area contributed by atoms with Crippen molar-refractivity contribution in [3.05, 3.63) is 95.9 Å². The lowest BCUT2D eigenvalue weighted by Crippen LogP contribution is -1.95. The van der Waals surface area contributed by atoms with Crippen LogP contribution < -0.4 is 0 Å². The Hall–Kier alpha value is -4.10. The summed E-state index contributed by atoms with van der Waals surface area (Å²) in [5, 5.41) is 15.0. The lowest BCUT2D eigenvalue weighted by Gasteiger charge is -2.04. The molecule has 7 heteroatoms. The molecule has 5 aromatic rings. The lowest BCUT2D eigenvalue weighted by atomic mass is 10.0. The number of para-hydroxylation sites is 2. The maximum absolute atomic E-state index is 11.4. The van der Waals surface area contributed by atoms with Crippen molar-refractivity contribution in [1.29, 1.82) is 0 Å². The molecule has 5 rings (SSSR count). The van der Waals surface area contributed by atoms with E-state index in [4.69, 9.17) is 10.1 Å². The zero-order valence-corrected chi connectivity index (χ0v) is 18.4.